The second-order valence-corrected chi connectivity index (χ2v) is 7.87. The van der Waals surface area contributed by atoms with Gasteiger partial charge in [-0.3, -0.25) is 9.48 Å². The van der Waals surface area contributed by atoms with Crippen molar-refractivity contribution < 1.29 is 9.21 Å². The molecule has 0 saturated heterocycles. The molecule has 0 saturated carbocycles. The Morgan fingerprint density at radius 1 is 1.25 bits per heavy atom. The van der Waals surface area contributed by atoms with Crippen LogP contribution in [0.4, 0.5) is 0 Å². The Labute approximate surface area is 185 Å². The van der Waals surface area contributed by atoms with Crippen LogP contribution in [0.3, 0.4) is 0 Å². The van der Waals surface area contributed by atoms with E-state index in [-0.39, 0.29) is 11.8 Å². The number of aromatic amines is 1. The Morgan fingerprint density at radius 2 is 2.16 bits per heavy atom. The standard InChI is InChI=1S/C20H16ClN9O2/c1-28-7-4-13(26-28)18-24-25-19(32-18)20(31)29-8-5-12-16(23-10-22-12)17(29)14-9-15-11(21)3-2-6-30(15)27-14/h2-4,6-7,9-10,17H,5,8H2,1H3,(H,22,23). The second kappa shape index (κ2) is 7.02. The molecule has 11 nitrogen and oxygen atoms in total. The van der Waals surface area contributed by atoms with Crippen molar-refractivity contribution in [2.45, 2.75) is 12.5 Å². The van der Waals surface area contributed by atoms with Crippen LogP contribution in [0.25, 0.3) is 17.1 Å². The van der Waals surface area contributed by atoms with E-state index < -0.39 is 11.9 Å². The van der Waals surface area contributed by atoms with Gasteiger partial charge in [0.15, 0.2) is 0 Å². The molecule has 0 fully saturated rings. The fraction of sp³-hybridized carbons (Fsp3) is 0.200. The molecule has 1 N–H and O–H groups in total. The summed E-state index contributed by atoms with van der Waals surface area (Å²) in [5.74, 6) is -0.333. The van der Waals surface area contributed by atoms with Crippen LogP contribution in [0.5, 0.6) is 0 Å². The molecule has 6 heterocycles. The monoisotopic (exact) mass is 449 g/mol. The zero-order valence-electron chi connectivity index (χ0n) is 16.8. The molecule has 0 bridgehead atoms. The first-order valence-corrected chi connectivity index (χ1v) is 10.3. The van der Waals surface area contributed by atoms with Crippen LogP contribution in [-0.4, -0.2) is 56.9 Å². The van der Waals surface area contributed by atoms with E-state index >= 15 is 0 Å². The molecule has 0 aliphatic carbocycles. The molecule has 0 radical (unpaired) electrons. The molecule has 5 aromatic rings. The maximum absolute atomic E-state index is 13.5. The third-order valence-electron chi connectivity index (χ3n) is 5.48. The Balaban J connectivity index is 1.41. The summed E-state index contributed by atoms with van der Waals surface area (Å²) < 4.78 is 8.97. The van der Waals surface area contributed by atoms with Crippen LogP contribution < -0.4 is 0 Å². The summed E-state index contributed by atoms with van der Waals surface area (Å²) in [6.45, 7) is 0.432. The van der Waals surface area contributed by atoms with Gasteiger partial charge in [-0.05, 0) is 24.3 Å². The van der Waals surface area contributed by atoms with Gasteiger partial charge in [-0.15, -0.1) is 10.2 Å². The molecule has 1 atom stereocenters. The van der Waals surface area contributed by atoms with E-state index in [4.69, 9.17) is 16.0 Å². The van der Waals surface area contributed by atoms with Crippen LogP contribution in [0.15, 0.2) is 47.4 Å². The number of H-pyrrole nitrogens is 1. The second-order valence-electron chi connectivity index (χ2n) is 7.46. The van der Waals surface area contributed by atoms with E-state index in [1.54, 1.807) is 45.8 Å². The first-order chi connectivity index (χ1) is 15.6. The lowest BCUT2D eigenvalue weighted by Gasteiger charge is -2.32. The Bertz CT molecular complexity index is 1460. The zero-order valence-corrected chi connectivity index (χ0v) is 17.6. The van der Waals surface area contributed by atoms with E-state index in [1.807, 2.05) is 18.3 Å². The average Bonchev–Trinajstić information content (AvgIpc) is 3.57. The SMILES string of the molecule is Cn1ccc(-c2nnc(C(=O)N3CCc4[nH]cnc4C3c3cc4c(Cl)cccn4n3)o2)n1. The van der Waals surface area contributed by atoms with Crippen molar-refractivity contribution >= 4 is 23.0 Å². The summed E-state index contributed by atoms with van der Waals surface area (Å²) >= 11 is 6.34. The molecule has 1 aliphatic heterocycles. The van der Waals surface area contributed by atoms with E-state index in [2.05, 4.69) is 30.4 Å². The van der Waals surface area contributed by atoms with Gasteiger partial charge in [-0.1, -0.05) is 11.6 Å². The fourth-order valence-corrected chi connectivity index (χ4v) is 4.21. The van der Waals surface area contributed by atoms with Gasteiger partial charge < -0.3 is 14.3 Å². The van der Waals surface area contributed by atoms with Gasteiger partial charge in [0.25, 0.3) is 5.89 Å². The zero-order chi connectivity index (χ0) is 21.8. The molecule has 5 aromatic heterocycles. The third-order valence-corrected chi connectivity index (χ3v) is 5.80. The largest absolute Gasteiger partial charge is 0.411 e. The van der Waals surface area contributed by atoms with Gasteiger partial charge >= 0.3 is 11.8 Å². The highest BCUT2D eigenvalue weighted by Crippen LogP contribution is 2.35. The number of carbonyl (C=O) groups is 1. The lowest BCUT2D eigenvalue weighted by molar-refractivity contribution is 0.0646. The predicted octanol–water partition coefficient (Wildman–Crippen LogP) is 2.28. The summed E-state index contributed by atoms with van der Waals surface area (Å²) in [5, 5.41) is 17.4. The molecule has 1 amide bonds. The van der Waals surface area contributed by atoms with Gasteiger partial charge in [0.2, 0.25) is 0 Å². The maximum atomic E-state index is 13.5. The lowest BCUT2D eigenvalue weighted by atomic mass is 9.99. The minimum absolute atomic E-state index is 0.114. The van der Waals surface area contributed by atoms with Crippen molar-refractivity contribution in [2.75, 3.05) is 6.54 Å². The topological polar surface area (TPSA) is 123 Å². The number of amides is 1. The van der Waals surface area contributed by atoms with Crippen molar-refractivity contribution in [3.05, 3.63) is 71.0 Å². The van der Waals surface area contributed by atoms with Gasteiger partial charge in [-0.25, -0.2) is 9.50 Å². The van der Waals surface area contributed by atoms with Crippen LogP contribution >= 0.6 is 11.6 Å². The number of nitrogens with one attached hydrogen (secondary N) is 1. The molecule has 0 aromatic carbocycles. The Hall–Kier alpha value is -3.99. The molecule has 6 rings (SSSR count). The lowest BCUT2D eigenvalue weighted by Crippen LogP contribution is -2.41. The normalized spacial score (nSPS) is 15.9. The number of halogens is 1. The molecule has 160 valence electrons. The predicted molar refractivity (Wildman–Crippen MR) is 112 cm³/mol. The van der Waals surface area contributed by atoms with Crippen LogP contribution in [-0.2, 0) is 13.5 Å². The number of hydrogen-bond donors (Lipinski definition) is 1. The van der Waals surface area contributed by atoms with Gasteiger partial charge in [-0.2, -0.15) is 10.2 Å². The molecule has 32 heavy (non-hydrogen) atoms. The van der Waals surface area contributed by atoms with Crippen LogP contribution in [0, 0.1) is 0 Å². The number of nitrogens with zero attached hydrogens (tertiary/aromatic N) is 8. The van der Waals surface area contributed by atoms with Crippen LogP contribution in [0.1, 0.15) is 33.8 Å². The van der Waals surface area contributed by atoms with Gasteiger partial charge in [0.05, 0.1) is 28.3 Å². The van der Waals surface area contributed by atoms with Gasteiger partial charge in [0.1, 0.15) is 11.7 Å². The number of aryl methyl sites for hydroxylation is 1. The van der Waals surface area contributed by atoms with Crippen LogP contribution in [0.2, 0.25) is 5.02 Å². The minimum atomic E-state index is -0.529. The van der Waals surface area contributed by atoms with Crippen molar-refractivity contribution in [2.24, 2.45) is 7.05 Å². The molecule has 0 spiro atoms. The summed E-state index contributed by atoms with van der Waals surface area (Å²) in [7, 11) is 1.78. The maximum Gasteiger partial charge on any atom is 0.312 e. The molecule has 12 heteroatoms. The van der Waals surface area contributed by atoms with Crippen molar-refractivity contribution in [3.63, 3.8) is 0 Å². The Kier molecular flexibility index (Phi) is 4.12. The number of aromatic nitrogens is 8. The highest BCUT2D eigenvalue weighted by Gasteiger charge is 2.38. The fourth-order valence-electron chi connectivity index (χ4n) is 3.99. The van der Waals surface area contributed by atoms with Crippen molar-refractivity contribution in [1.29, 1.82) is 0 Å². The molecule has 1 aliphatic rings. The summed E-state index contributed by atoms with van der Waals surface area (Å²) in [6, 6.07) is 6.68. The first kappa shape index (κ1) is 18.8. The summed E-state index contributed by atoms with van der Waals surface area (Å²) in [4.78, 5) is 22.7. The number of hydrogen-bond acceptors (Lipinski definition) is 7. The molecular formula is C20H16ClN9O2. The number of carbonyl (C=O) groups excluding carboxylic acids is 1. The minimum Gasteiger partial charge on any atom is -0.411 e. The smallest absolute Gasteiger partial charge is 0.312 e. The highest BCUT2D eigenvalue weighted by atomic mass is 35.5. The summed E-state index contributed by atoms with van der Waals surface area (Å²) in [6.07, 6.45) is 5.81. The van der Waals surface area contributed by atoms with Crippen molar-refractivity contribution in [3.8, 4) is 11.6 Å². The van der Waals surface area contributed by atoms with E-state index in [1.165, 1.54) is 0 Å². The van der Waals surface area contributed by atoms with E-state index in [9.17, 15) is 4.79 Å². The Morgan fingerprint density at radius 3 is 2.97 bits per heavy atom. The quantitative estimate of drug-likeness (QED) is 0.448. The average molecular weight is 450 g/mol. The highest BCUT2D eigenvalue weighted by molar-refractivity contribution is 6.33. The van der Waals surface area contributed by atoms with E-state index in [0.29, 0.717) is 29.4 Å². The number of rotatable bonds is 3. The number of pyridine rings is 1. The number of imidazole rings is 1. The summed E-state index contributed by atoms with van der Waals surface area (Å²) in [5.41, 5.74) is 3.58. The molecule has 1 unspecified atom stereocenters. The van der Waals surface area contributed by atoms with Gasteiger partial charge in [0, 0.05) is 38.1 Å². The van der Waals surface area contributed by atoms with E-state index in [0.717, 1.165) is 16.9 Å². The third kappa shape index (κ3) is 2.89. The number of fused-ring (bicyclic) bond motifs is 2. The molecular weight excluding hydrogens is 434 g/mol. The first-order valence-electron chi connectivity index (χ1n) is 9.89. The van der Waals surface area contributed by atoms with Crippen molar-refractivity contribution in [1.82, 2.24) is 44.5 Å².